The number of aromatic amines is 1. The van der Waals surface area contributed by atoms with Crippen LogP contribution in [-0.2, 0) is 0 Å². The van der Waals surface area contributed by atoms with E-state index < -0.39 is 5.82 Å². The number of benzene rings is 2. The Morgan fingerprint density at radius 2 is 1.93 bits per heavy atom. The van der Waals surface area contributed by atoms with Crippen LogP contribution in [0.4, 0.5) is 4.39 Å². The van der Waals surface area contributed by atoms with Crippen LogP contribution in [0.25, 0.3) is 17.0 Å². The number of nitrogens with zero attached hydrogens (tertiary/aromatic N) is 3. The van der Waals surface area contributed by atoms with Gasteiger partial charge in [0.05, 0.1) is 12.2 Å². The highest BCUT2D eigenvalue weighted by Gasteiger charge is 2.14. The molecule has 0 aliphatic carbocycles. The maximum Gasteiger partial charge on any atom is 0.266 e. The van der Waals surface area contributed by atoms with Gasteiger partial charge in [0.2, 0.25) is 0 Å². The first-order valence-corrected chi connectivity index (χ1v) is 9.72. The molecule has 0 aliphatic heterocycles. The first-order valence-electron chi connectivity index (χ1n) is 8.36. The topological polar surface area (TPSA) is 72.3 Å². The molecule has 0 bridgehead atoms. The van der Waals surface area contributed by atoms with Crippen molar-refractivity contribution in [1.29, 1.82) is 0 Å². The lowest BCUT2D eigenvalue weighted by Crippen LogP contribution is -2.07. The summed E-state index contributed by atoms with van der Waals surface area (Å²) in [7, 11) is 0. The minimum atomic E-state index is -0.424. The summed E-state index contributed by atoms with van der Waals surface area (Å²) in [5, 5.41) is 3.78. The molecule has 2 aromatic heterocycles. The van der Waals surface area contributed by atoms with Gasteiger partial charge in [-0.2, -0.15) is 0 Å². The summed E-state index contributed by atoms with van der Waals surface area (Å²) in [6.45, 7) is 0.415. The van der Waals surface area contributed by atoms with E-state index in [0.717, 1.165) is 0 Å². The maximum atomic E-state index is 14.1. The van der Waals surface area contributed by atoms with Gasteiger partial charge >= 0.3 is 0 Å². The maximum absolute atomic E-state index is 14.1. The highest BCUT2D eigenvalue weighted by atomic mass is 35.5. The molecular weight excluding hydrogens is 403 g/mol. The van der Waals surface area contributed by atoms with Crippen LogP contribution in [0.15, 0.2) is 64.5 Å². The van der Waals surface area contributed by atoms with Gasteiger partial charge in [-0.05, 0) is 36.4 Å². The lowest BCUT2D eigenvalue weighted by atomic mass is 10.2. The monoisotopic (exact) mass is 416 g/mol. The van der Waals surface area contributed by atoms with E-state index in [1.807, 2.05) is 0 Å². The van der Waals surface area contributed by atoms with Gasteiger partial charge in [-0.3, -0.25) is 9.89 Å². The van der Waals surface area contributed by atoms with E-state index >= 15 is 0 Å². The highest BCUT2D eigenvalue weighted by Crippen LogP contribution is 2.23. The third-order valence-electron chi connectivity index (χ3n) is 3.84. The Balaban J connectivity index is 1.56. The van der Waals surface area contributed by atoms with E-state index in [0.29, 0.717) is 33.9 Å². The summed E-state index contributed by atoms with van der Waals surface area (Å²) >= 11 is 7.22. The van der Waals surface area contributed by atoms with Crippen molar-refractivity contribution in [2.24, 2.45) is 0 Å². The number of halogens is 2. The summed E-state index contributed by atoms with van der Waals surface area (Å²) in [6.07, 6.45) is 0. The Hall–Kier alpha value is -2.84. The number of rotatable bonds is 6. The molecular formula is C19H14ClFN4O2S. The number of fused-ring (bicyclic) bond motifs is 1. The molecule has 0 saturated carbocycles. The van der Waals surface area contributed by atoms with Crippen LogP contribution in [-0.4, -0.2) is 31.9 Å². The first kappa shape index (κ1) is 18.5. The fourth-order valence-electron chi connectivity index (χ4n) is 2.57. The quantitative estimate of drug-likeness (QED) is 0.379. The second kappa shape index (κ2) is 8.04. The molecule has 0 atom stereocenters. The molecule has 6 nitrogen and oxygen atoms in total. The van der Waals surface area contributed by atoms with Gasteiger partial charge in [0.25, 0.3) is 5.56 Å². The van der Waals surface area contributed by atoms with Gasteiger partial charge in [-0.1, -0.05) is 35.5 Å². The van der Waals surface area contributed by atoms with Crippen molar-refractivity contribution in [1.82, 2.24) is 19.6 Å². The zero-order chi connectivity index (χ0) is 19.5. The largest absolute Gasteiger partial charge is 0.493 e. The number of thioether (sulfide) groups is 1. The molecule has 1 N–H and O–H groups in total. The Kier molecular flexibility index (Phi) is 5.31. The van der Waals surface area contributed by atoms with E-state index in [1.54, 1.807) is 42.5 Å². The van der Waals surface area contributed by atoms with E-state index in [1.165, 1.54) is 28.4 Å². The summed E-state index contributed by atoms with van der Waals surface area (Å²) in [6, 6.07) is 14.7. The van der Waals surface area contributed by atoms with Crippen molar-refractivity contribution in [3.63, 3.8) is 0 Å². The van der Waals surface area contributed by atoms with Gasteiger partial charge in [0.15, 0.2) is 16.6 Å². The van der Waals surface area contributed by atoms with E-state index in [4.69, 9.17) is 16.3 Å². The second-order valence-corrected chi connectivity index (χ2v) is 7.27. The van der Waals surface area contributed by atoms with Crippen LogP contribution in [0.3, 0.4) is 0 Å². The third kappa shape index (κ3) is 4.02. The molecule has 0 fully saturated rings. The van der Waals surface area contributed by atoms with Crippen LogP contribution in [0.1, 0.15) is 0 Å². The van der Waals surface area contributed by atoms with Crippen LogP contribution in [0.5, 0.6) is 5.75 Å². The van der Waals surface area contributed by atoms with Crippen molar-refractivity contribution >= 4 is 29.0 Å². The predicted octanol–water partition coefficient (Wildman–Crippen LogP) is 4.05. The molecule has 0 aliphatic rings. The zero-order valence-corrected chi connectivity index (χ0v) is 16.0. The Morgan fingerprint density at radius 3 is 2.71 bits per heavy atom. The van der Waals surface area contributed by atoms with Crippen molar-refractivity contribution in [2.75, 3.05) is 12.4 Å². The number of hydrogen-bond donors (Lipinski definition) is 1. The molecule has 0 spiro atoms. The molecule has 2 heterocycles. The minimum absolute atomic E-state index is 0.221. The van der Waals surface area contributed by atoms with E-state index in [-0.39, 0.29) is 16.9 Å². The first-order chi connectivity index (χ1) is 13.6. The molecule has 0 radical (unpaired) electrons. The summed E-state index contributed by atoms with van der Waals surface area (Å²) in [5.41, 5.74) is 0.344. The predicted molar refractivity (Wildman–Crippen MR) is 107 cm³/mol. The molecule has 142 valence electrons. The third-order valence-corrected chi connectivity index (χ3v) is 4.99. The number of H-pyrrole nitrogens is 1. The fourth-order valence-corrected chi connectivity index (χ4v) is 3.46. The van der Waals surface area contributed by atoms with E-state index in [2.05, 4.69) is 15.1 Å². The Morgan fingerprint density at radius 1 is 1.14 bits per heavy atom. The van der Waals surface area contributed by atoms with Crippen LogP contribution < -0.4 is 10.3 Å². The normalized spacial score (nSPS) is 11.1. The van der Waals surface area contributed by atoms with Gasteiger partial charge < -0.3 is 4.74 Å². The number of ether oxygens (including phenoxy) is 1. The molecule has 0 unspecified atom stereocenters. The highest BCUT2D eigenvalue weighted by molar-refractivity contribution is 7.99. The summed E-state index contributed by atoms with van der Waals surface area (Å²) < 4.78 is 21.3. The van der Waals surface area contributed by atoms with Crippen molar-refractivity contribution < 1.29 is 9.13 Å². The zero-order valence-electron chi connectivity index (χ0n) is 14.4. The summed E-state index contributed by atoms with van der Waals surface area (Å²) in [5.74, 6) is 1.07. The SMILES string of the molecule is O=c1cc2nc(-c3ccccc3F)nc(SCCOc3ccc(Cl)cc3)n2[nH]1. The van der Waals surface area contributed by atoms with Crippen LogP contribution in [0.2, 0.25) is 5.02 Å². The van der Waals surface area contributed by atoms with Gasteiger partial charge in [-0.25, -0.2) is 18.9 Å². The van der Waals surface area contributed by atoms with Crippen molar-refractivity contribution in [3.8, 4) is 17.1 Å². The van der Waals surface area contributed by atoms with Gasteiger partial charge in [-0.15, -0.1) is 0 Å². The second-order valence-electron chi connectivity index (χ2n) is 5.77. The van der Waals surface area contributed by atoms with Crippen LogP contribution >= 0.6 is 23.4 Å². The molecule has 0 amide bonds. The number of aromatic nitrogens is 4. The minimum Gasteiger partial charge on any atom is -0.493 e. The van der Waals surface area contributed by atoms with Crippen molar-refractivity contribution in [3.05, 3.63) is 75.8 Å². The fraction of sp³-hybridized carbons (Fsp3) is 0.105. The smallest absolute Gasteiger partial charge is 0.266 e. The molecule has 0 saturated heterocycles. The van der Waals surface area contributed by atoms with E-state index in [9.17, 15) is 9.18 Å². The van der Waals surface area contributed by atoms with Crippen LogP contribution in [0, 0.1) is 5.82 Å². The standard InChI is InChI=1S/C19H14ClFN4O2S/c20-12-5-7-13(8-6-12)27-9-10-28-19-23-18(14-3-1-2-4-15(14)21)22-16-11-17(26)24-25(16)19/h1-8,11H,9-10H2,(H,24,26). The average Bonchev–Trinajstić information content (AvgIpc) is 3.07. The number of nitrogens with one attached hydrogen (secondary N) is 1. The lowest BCUT2D eigenvalue weighted by Gasteiger charge is -2.09. The Bertz CT molecular complexity index is 1180. The van der Waals surface area contributed by atoms with Crippen molar-refractivity contribution in [2.45, 2.75) is 5.16 Å². The Labute approximate surface area is 168 Å². The molecule has 9 heteroatoms. The van der Waals surface area contributed by atoms with Gasteiger partial charge in [0.1, 0.15) is 11.6 Å². The number of hydrogen-bond acceptors (Lipinski definition) is 5. The summed E-state index contributed by atoms with van der Waals surface area (Å²) in [4.78, 5) is 20.5. The molecule has 4 aromatic rings. The van der Waals surface area contributed by atoms with Gasteiger partial charge in [0, 0.05) is 16.8 Å². The molecule has 28 heavy (non-hydrogen) atoms. The average molecular weight is 417 g/mol. The lowest BCUT2D eigenvalue weighted by molar-refractivity contribution is 0.344. The molecule has 4 rings (SSSR count). The molecule has 2 aromatic carbocycles.